The van der Waals surface area contributed by atoms with E-state index in [0.29, 0.717) is 5.56 Å². The Morgan fingerprint density at radius 3 is 2.35 bits per heavy atom. The maximum atomic E-state index is 12.5. The SMILES string of the molecule is CCOC(=O)CC(B1OC(C)(C)C(C)(C)O1)c1cccc(OC(F)F)c1. The van der Waals surface area contributed by atoms with Gasteiger partial charge in [0, 0.05) is 5.82 Å². The minimum absolute atomic E-state index is 0.00278. The van der Waals surface area contributed by atoms with E-state index >= 15 is 0 Å². The van der Waals surface area contributed by atoms with Gasteiger partial charge >= 0.3 is 19.7 Å². The zero-order valence-corrected chi connectivity index (χ0v) is 15.8. The van der Waals surface area contributed by atoms with Crippen LogP contribution in [0.1, 0.15) is 52.4 Å². The molecule has 1 aliphatic rings. The van der Waals surface area contributed by atoms with Crippen LogP contribution >= 0.6 is 0 Å². The molecule has 0 amide bonds. The van der Waals surface area contributed by atoms with Gasteiger partial charge in [0.15, 0.2) is 0 Å². The van der Waals surface area contributed by atoms with E-state index in [-0.39, 0.29) is 18.8 Å². The predicted octanol–water partition coefficient (Wildman–Crippen LogP) is 3.96. The van der Waals surface area contributed by atoms with Crippen LogP contribution in [0.25, 0.3) is 0 Å². The molecule has 1 aromatic carbocycles. The molecule has 1 aromatic rings. The number of rotatable bonds is 7. The van der Waals surface area contributed by atoms with E-state index in [1.165, 1.54) is 12.1 Å². The maximum Gasteiger partial charge on any atom is 0.466 e. The van der Waals surface area contributed by atoms with Gasteiger partial charge in [-0.1, -0.05) is 12.1 Å². The van der Waals surface area contributed by atoms with Crippen LogP contribution in [0.3, 0.4) is 0 Å². The number of esters is 1. The Morgan fingerprint density at radius 2 is 1.81 bits per heavy atom. The van der Waals surface area contributed by atoms with Gasteiger partial charge in [0.25, 0.3) is 0 Å². The zero-order valence-electron chi connectivity index (χ0n) is 15.8. The molecule has 8 heteroatoms. The summed E-state index contributed by atoms with van der Waals surface area (Å²) in [5.74, 6) is -0.911. The van der Waals surface area contributed by atoms with Gasteiger partial charge in [0.2, 0.25) is 0 Å². The van der Waals surface area contributed by atoms with Crippen LogP contribution in [-0.2, 0) is 18.8 Å². The molecular weight excluding hydrogens is 345 g/mol. The van der Waals surface area contributed by atoms with Crippen molar-refractivity contribution >= 4 is 13.1 Å². The van der Waals surface area contributed by atoms with E-state index < -0.39 is 36.7 Å². The Labute approximate surface area is 153 Å². The third kappa shape index (κ3) is 4.74. The highest BCUT2D eigenvalue weighted by molar-refractivity contribution is 6.48. The Bertz CT molecular complexity index is 620. The first-order chi connectivity index (χ1) is 12.1. The number of hydrogen-bond donors (Lipinski definition) is 0. The number of carbonyl (C=O) groups is 1. The number of hydrogen-bond acceptors (Lipinski definition) is 5. The summed E-state index contributed by atoms with van der Waals surface area (Å²) in [6, 6.07) is 6.23. The smallest absolute Gasteiger partial charge is 0.466 e. The second-order valence-corrected chi connectivity index (χ2v) is 7.19. The Morgan fingerprint density at radius 1 is 1.19 bits per heavy atom. The van der Waals surface area contributed by atoms with Crippen LogP contribution in [0.4, 0.5) is 8.78 Å². The first kappa shape index (κ1) is 20.6. The molecule has 144 valence electrons. The molecule has 1 heterocycles. The number of benzene rings is 1. The lowest BCUT2D eigenvalue weighted by atomic mass is 9.66. The van der Waals surface area contributed by atoms with Crippen LogP contribution in [0.15, 0.2) is 24.3 Å². The molecule has 1 aliphatic heterocycles. The van der Waals surface area contributed by atoms with Crippen LogP contribution in [0.2, 0.25) is 0 Å². The third-order valence-electron chi connectivity index (χ3n) is 4.80. The lowest BCUT2D eigenvalue weighted by Gasteiger charge is -2.32. The minimum atomic E-state index is -2.93. The molecule has 1 fully saturated rings. The van der Waals surface area contributed by atoms with Crippen molar-refractivity contribution in [2.24, 2.45) is 0 Å². The van der Waals surface area contributed by atoms with Crippen molar-refractivity contribution in [3.8, 4) is 5.75 Å². The lowest BCUT2D eigenvalue weighted by Crippen LogP contribution is -2.41. The van der Waals surface area contributed by atoms with Crippen LogP contribution in [0.5, 0.6) is 5.75 Å². The predicted molar refractivity (Wildman–Crippen MR) is 93.1 cm³/mol. The van der Waals surface area contributed by atoms with E-state index in [1.807, 2.05) is 27.7 Å². The fourth-order valence-electron chi connectivity index (χ4n) is 2.74. The molecule has 0 aliphatic carbocycles. The fourth-order valence-corrected chi connectivity index (χ4v) is 2.74. The minimum Gasteiger partial charge on any atom is -0.466 e. The van der Waals surface area contributed by atoms with Gasteiger partial charge in [-0.05, 0) is 52.3 Å². The summed E-state index contributed by atoms with van der Waals surface area (Å²) >= 11 is 0. The van der Waals surface area contributed by atoms with Gasteiger partial charge in [-0.15, -0.1) is 0 Å². The van der Waals surface area contributed by atoms with Crippen molar-refractivity contribution in [3.63, 3.8) is 0 Å². The van der Waals surface area contributed by atoms with E-state index in [9.17, 15) is 13.6 Å². The number of carbonyl (C=O) groups excluding carboxylic acids is 1. The van der Waals surface area contributed by atoms with Crippen molar-refractivity contribution in [1.29, 1.82) is 0 Å². The average molecular weight is 370 g/mol. The first-order valence-electron chi connectivity index (χ1n) is 8.62. The van der Waals surface area contributed by atoms with E-state index in [2.05, 4.69) is 4.74 Å². The number of ether oxygens (including phenoxy) is 2. The molecule has 26 heavy (non-hydrogen) atoms. The number of alkyl halides is 2. The summed E-state index contributed by atoms with van der Waals surface area (Å²) in [5.41, 5.74) is -0.557. The van der Waals surface area contributed by atoms with Crippen molar-refractivity contribution in [1.82, 2.24) is 0 Å². The van der Waals surface area contributed by atoms with Gasteiger partial charge in [-0.3, -0.25) is 4.79 Å². The molecule has 0 N–H and O–H groups in total. The van der Waals surface area contributed by atoms with Crippen molar-refractivity contribution in [2.45, 2.75) is 64.7 Å². The Kier molecular flexibility index (Phi) is 6.29. The molecular formula is C18H25BF2O5. The molecule has 1 unspecified atom stereocenters. The van der Waals surface area contributed by atoms with Gasteiger partial charge in [0.05, 0.1) is 24.2 Å². The Hall–Kier alpha value is -1.67. The first-order valence-corrected chi connectivity index (χ1v) is 8.62. The highest BCUT2D eigenvalue weighted by atomic mass is 19.3. The summed E-state index contributed by atoms with van der Waals surface area (Å²) in [7, 11) is -0.716. The largest absolute Gasteiger partial charge is 0.466 e. The summed E-state index contributed by atoms with van der Waals surface area (Å²) in [4.78, 5) is 12.1. The van der Waals surface area contributed by atoms with Crippen LogP contribution in [0, 0.1) is 0 Å². The quantitative estimate of drug-likeness (QED) is 0.537. The van der Waals surface area contributed by atoms with E-state index in [4.69, 9.17) is 14.0 Å². The molecule has 0 saturated carbocycles. The normalized spacial score (nSPS) is 19.5. The van der Waals surface area contributed by atoms with Gasteiger partial charge < -0.3 is 18.8 Å². The average Bonchev–Trinajstić information content (AvgIpc) is 2.72. The number of halogens is 2. The molecule has 5 nitrogen and oxygen atoms in total. The topological polar surface area (TPSA) is 54.0 Å². The van der Waals surface area contributed by atoms with Crippen molar-refractivity contribution in [2.75, 3.05) is 6.61 Å². The summed E-state index contributed by atoms with van der Waals surface area (Å²) in [6.45, 7) is 6.68. The van der Waals surface area contributed by atoms with Crippen molar-refractivity contribution in [3.05, 3.63) is 29.8 Å². The van der Waals surface area contributed by atoms with Crippen molar-refractivity contribution < 1.29 is 32.4 Å². The second-order valence-electron chi connectivity index (χ2n) is 7.19. The summed E-state index contributed by atoms with van der Waals surface area (Å²) in [5, 5.41) is 0. The molecule has 0 radical (unpaired) electrons. The standard InChI is InChI=1S/C18H25BF2O5/c1-6-23-15(22)11-14(19-25-17(2,3)18(4,5)26-19)12-8-7-9-13(10-12)24-16(20)21/h7-10,14,16H,6,11H2,1-5H3. The highest BCUT2D eigenvalue weighted by Gasteiger charge is 2.54. The lowest BCUT2D eigenvalue weighted by molar-refractivity contribution is -0.143. The molecule has 1 saturated heterocycles. The van der Waals surface area contributed by atoms with Crippen LogP contribution < -0.4 is 4.74 Å². The van der Waals surface area contributed by atoms with Gasteiger partial charge in [-0.2, -0.15) is 8.78 Å². The van der Waals surface area contributed by atoms with E-state index in [1.54, 1.807) is 19.1 Å². The second kappa shape index (κ2) is 7.92. The highest BCUT2D eigenvalue weighted by Crippen LogP contribution is 2.42. The molecule has 0 bridgehead atoms. The fraction of sp³-hybridized carbons (Fsp3) is 0.611. The van der Waals surface area contributed by atoms with Crippen LogP contribution in [-0.4, -0.2) is 37.5 Å². The maximum absolute atomic E-state index is 12.5. The Balaban J connectivity index is 2.32. The zero-order chi connectivity index (χ0) is 19.5. The summed E-state index contributed by atoms with van der Waals surface area (Å²) in [6.07, 6.45) is 0.00278. The molecule has 0 spiro atoms. The van der Waals surface area contributed by atoms with Gasteiger partial charge in [-0.25, -0.2) is 0 Å². The summed E-state index contributed by atoms with van der Waals surface area (Å²) < 4.78 is 46.7. The van der Waals surface area contributed by atoms with Gasteiger partial charge in [0.1, 0.15) is 5.75 Å². The molecule has 1 atom stereocenters. The third-order valence-corrected chi connectivity index (χ3v) is 4.80. The molecule has 0 aromatic heterocycles. The monoisotopic (exact) mass is 370 g/mol. The van der Waals surface area contributed by atoms with E-state index in [0.717, 1.165) is 0 Å². The molecule has 2 rings (SSSR count).